The molecule has 1 saturated heterocycles. The number of carbonyl (C=O) groups is 1. The van der Waals surface area contributed by atoms with Crippen molar-refractivity contribution in [3.05, 3.63) is 33.9 Å². The quantitative estimate of drug-likeness (QED) is 0.579. The molecule has 1 aromatic rings. The highest BCUT2D eigenvalue weighted by atomic mass is 32.2. The van der Waals surface area contributed by atoms with Gasteiger partial charge in [-0.25, -0.2) is 8.42 Å². The van der Waals surface area contributed by atoms with E-state index in [4.69, 9.17) is 0 Å². The molecule has 1 heterocycles. The van der Waals surface area contributed by atoms with Crippen LogP contribution in [-0.2, 0) is 14.8 Å². The first-order chi connectivity index (χ1) is 12.9. The van der Waals surface area contributed by atoms with Gasteiger partial charge in [-0.1, -0.05) is 6.07 Å². The van der Waals surface area contributed by atoms with E-state index < -0.39 is 14.9 Å². The highest BCUT2D eigenvalue weighted by Gasteiger charge is 2.30. The predicted octanol–water partition coefficient (Wildman–Crippen LogP) is 1.51. The van der Waals surface area contributed by atoms with Crippen LogP contribution in [0.25, 0.3) is 0 Å². The van der Waals surface area contributed by atoms with Gasteiger partial charge in [0, 0.05) is 37.3 Å². The molecule has 9 nitrogen and oxygen atoms in total. The Morgan fingerprint density at radius 1 is 1.21 bits per heavy atom. The summed E-state index contributed by atoms with van der Waals surface area (Å²) in [6, 6.07) is 3.86. The molecule has 10 heteroatoms. The third kappa shape index (κ3) is 5.73. The molecule has 1 N–H and O–H groups in total. The molecule has 1 aromatic carbocycles. The van der Waals surface area contributed by atoms with Crippen LogP contribution in [0.2, 0.25) is 0 Å². The third-order valence-electron chi connectivity index (χ3n) is 4.43. The number of hydrogen-bond donors (Lipinski definition) is 1. The SMILES string of the molecule is Cc1ccc([N+](=O)[O-])cc1S(=O)(=O)N1CCCN(CC(=O)NC(C)(C)C)CC1. The minimum Gasteiger partial charge on any atom is -0.350 e. The summed E-state index contributed by atoms with van der Waals surface area (Å²) in [6.07, 6.45) is 0.579. The minimum atomic E-state index is -3.85. The first-order valence-electron chi connectivity index (χ1n) is 9.19. The number of nitro benzene ring substituents is 1. The molecule has 0 saturated carbocycles. The summed E-state index contributed by atoms with van der Waals surface area (Å²) in [5.41, 5.74) is -0.103. The van der Waals surface area contributed by atoms with Crippen LogP contribution in [0.3, 0.4) is 0 Å². The van der Waals surface area contributed by atoms with Crippen molar-refractivity contribution in [3.8, 4) is 0 Å². The molecule has 0 unspecified atom stereocenters. The number of non-ortho nitro benzene ring substituents is 1. The molecular weight excluding hydrogens is 384 g/mol. The highest BCUT2D eigenvalue weighted by Crippen LogP contribution is 2.25. The number of nitrogens with zero attached hydrogens (tertiary/aromatic N) is 3. The summed E-state index contributed by atoms with van der Waals surface area (Å²) in [5.74, 6) is -0.0988. The molecule has 0 aliphatic carbocycles. The first-order valence-corrected chi connectivity index (χ1v) is 10.6. The lowest BCUT2D eigenvalue weighted by molar-refractivity contribution is -0.385. The molecule has 0 radical (unpaired) electrons. The summed E-state index contributed by atoms with van der Waals surface area (Å²) in [5, 5.41) is 13.9. The van der Waals surface area contributed by atoms with Crippen molar-refractivity contribution in [1.82, 2.24) is 14.5 Å². The Morgan fingerprint density at radius 3 is 2.50 bits per heavy atom. The molecular formula is C18H28N4O5S. The second-order valence-electron chi connectivity index (χ2n) is 8.04. The minimum absolute atomic E-state index is 0.0411. The fourth-order valence-electron chi connectivity index (χ4n) is 3.13. The van der Waals surface area contributed by atoms with Gasteiger partial charge in [-0.15, -0.1) is 0 Å². The number of nitrogens with one attached hydrogen (secondary N) is 1. The van der Waals surface area contributed by atoms with Gasteiger partial charge >= 0.3 is 0 Å². The standard InChI is InChI=1S/C18H28N4O5S/c1-14-6-7-15(22(24)25)12-16(14)28(26,27)21-9-5-8-20(10-11-21)13-17(23)19-18(2,3)4/h6-7,12H,5,8-11,13H2,1-4H3,(H,19,23). The number of sulfonamides is 1. The van der Waals surface area contributed by atoms with Gasteiger partial charge in [0.25, 0.3) is 5.69 Å². The van der Waals surface area contributed by atoms with Crippen molar-refractivity contribution in [2.24, 2.45) is 0 Å². The smallest absolute Gasteiger partial charge is 0.270 e. The number of amides is 1. The van der Waals surface area contributed by atoms with Crippen molar-refractivity contribution >= 4 is 21.6 Å². The molecule has 1 aliphatic rings. The van der Waals surface area contributed by atoms with Crippen molar-refractivity contribution < 1.29 is 18.1 Å². The van der Waals surface area contributed by atoms with Gasteiger partial charge in [-0.05, 0) is 46.2 Å². The molecule has 0 atom stereocenters. The molecule has 1 fully saturated rings. The van der Waals surface area contributed by atoms with Gasteiger partial charge in [0.15, 0.2) is 0 Å². The zero-order chi connectivity index (χ0) is 21.1. The molecule has 1 aliphatic heterocycles. The lowest BCUT2D eigenvalue weighted by Gasteiger charge is -2.25. The van der Waals surface area contributed by atoms with Crippen LogP contribution in [0, 0.1) is 17.0 Å². The second-order valence-corrected chi connectivity index (χ2v) is 9.95. The van der Waals surface area contributed by atoms with Gasteiger partial charge in [-0.3, -0.25) is 19.8 Å². The Labute approximate surface area is 165 Å². The van der Waals surface area contributed by atoms with Crippen molar-refractivity contribution in [2.45, 2.75) is 44.6 Å². The summed E-state index contributed by atoms with van der Waals surface area (Å²) < 4.78 is 27.5. The summed E-state index contributed by atoms with van der Waals surface area (Å²) >= 11 is 0. The number of carbonyl (C=O) groups excluding carboxylic acids is 1. The van der Waals surface area contributed by atoms with Crippen LogP contribution in [-0.4, -0.2) is 66.7 Å². The van der Waals surface area contributed by atoms with E-state index in [9.17, 15) is 23.3 Å². The van der Waals surface area contributed by atoms with Crippen LogP contribution >= 0.6 is 0 Å². The maximum atomic E-state index is 13.1. The molecule has 156 valence electrons. The van der Waals surface area contributed by atoms with E-state index in [2.05, 4.69) is 5.32 Å². The van der Waals surface area contributed by atoms with Crippen LogP contribution < -0.4 is 5.32 Å². The number of rotatable bonds is 5. The Morgan fingerprint density at radius 2 is 1.89 bits per heavy atom. The van der Waals surface area contributed by atoms with E-state index in [1.165, 1.54) is 16.4 Å². The normalized spacial score (nSPS) is 17.1. The fourth-order valence-corrected chi connectivity index (χ4v) is 4.84. The Kier molecular flexibility index (Phi) is 6.79. The van der Waals surface area contributed by atoms with E-state index in [1.54, 1.807) is 6.92 Å². The summed E-state index contributed by atoms with van der Waals surface area (Å²) in [4.78, 5) is 24.4. The number of nitro groups is 1. The maximum absolute atomic E-state index is 13.1. The Hall–Kier alpha value is -2.04. The molecule has 0 spiro atoms. The van der Waals surface area contributed by atoms with Crippen LogP contribution in [0.4, 0.5) is 5.69 Å². The predicted molar refractivity (Wildman–Crippen MR) is 106 cm³/mol. The van der Waals surface area contributed by atoms with E-state index in [0.29, 0.717) is 31.6 Å². The van der Waals surface area contributed by atoms with Crippen molar-refractivity contribution in [1.29, 1.82) is 0 Å². The topological polar surface area (TPSA) is 113 Å². The maximum Gasteiger partial charge on any atom is 0.270 e. The van der Waals surface area contributed by atoms with Crippen molar-refractivity contribution in [3.63, 3.8) is 0 Å². The van der Waals surface area contributed by atoms with Gasteiger partial charge in [0.2, 0.25) is 15.9 Å². The van der Waals surface area contributed by atoms with Gasteiger partial charge in [0.1, 0.15) is 0 Å². The van der Waals surface area contributed by atoms with Gasteiger partial charge in [-0.2, -0.15) is 4.31 Å². The van der Waals surface area contributed by atoms with Crippen LogP contribution in [0.5, 0.6) is 0 Å². The van der Waals surface area contributed by atoms with Crippen LogP contribution in [0.15, 0.2) is 23.1 Å². The average Bonchev–Trinajstić information content (AvgIpc) is 2.79. The summed E-state index contributed by atoms with van der Waals surface area (Å²) in [7, 11) is -3.85. The zero-order valence-electron chi connectivity index (χ0n) is 16.8. The monoisotopic (exact) mass is 412 g/mol. The lowest BCUT2D eigenvalue weighted by Crippen LogP contribution is -2.46. The summed E-state index contributed by atoms with van der Waals surface area (Å²) in [6.45, 7) is 9.12. The molecule has 0 bridgehead atoms. The first kappa shape index (κ1) is 22.3. The van der Waals surface area contributed by atoms with E-state index in [-0.39, 0.29) is 35.1 Å². The van der Waals surface area contributed by atoms with Gasteiger partial charge < -0.3 is 5.32 Å². The largest absolute Gasteiger partial charge is 0.350 e. The van der Waals surface area contributed by atoms with Crippen molar-refractivity contribution in [2.75, 3.05) is 32.7 Å². The molecule has 28 heavy (non-hydrogen) atoms. The lowest BCUT2D eigenvalue weighted by atomic mass is 10.1. The fraction of sp³-hybridized carbons (Fsp3) is 0.611. The molecule has 0 aromatic heterocycles. The third-order valence-corrected chi connectivity index (χ3v) is 6.47. The van der Waals surface area contributed by atoms with E-state index in [1.807, 2.05) is 25.7 Å². The number of benzene rings is 1. The second kappa shape index (κ2) is 8.54. The molecule has 1 amide bonds. The Balaban J connectivity index is 2.12. The highest BCUT2D eigenvalue weighted by molar-refractivity contribution is 7.89. The van der Waals surface area contributed by atoms with E-state index >= 15 is 0 Å². The Bertz CT molecular complexity index is 848. The van der Waals surface area contributed by atoms with Gasteiger partial charge in [0.05, 0.1) is 16.4 Å². The van der Waals surface area contributed by atoms with E-state index in [0.717, 1.165) is 6.07 Å². The number of hydrogen-bond acceptors (Lipinski definition) is 6. The zero-order valence-corrected chi connectivity index (χ0v) is 17.6. The number of aryl methyl sites for hydroxylation is 1. The molecule has 2 rings (SSSR count). The van der Waals surface area contributed by atoms with Crippen LogP contribution in [0.1, 0.15) is 32.8 Å². The average molecular weight is 413 g/mol.